The van der Waals surface area contributed by atoms with E-state index in [1.807, 2.05) is 36.4 Å². The molecule has 0 saturated carbocycles. The van der Waals surface area contributed by atoms with Gasteiger partial charge in [-0.25, -0.2) is 4.85 Å². The predicted molar refractivity (Wildman–Crippen MR) is 342 cm³/mol. The fourth-order valence-corrected chi connectivity index (χ4v) is 13.0. The molecule has 0 fully saturated rings. The fraction of sp³-hybridized carbons (Fsp3) is 0.117. The minimum atomic E-state index is -4.64. The van der Waals surface area contributed by atoms with Gasteiger partial charge in [-0.3, -0.25) is 0 Å². The average Bonchev–Trinajstić information content (AvgIpc) is 1.76. The molecular weight excluding hydrogens is 1040 g/mol. The van der Waals surface area contributed by atoms with Crippen LogP contribution in [0.15, 0.2) is 200 Å². The summed E-state index contributed by atoms with van der Waals surface area (Å²) in [6.45, 7) is 25.2. The van der Waals surface area contributed by atoms with Crippen LogP contribution in [0, 0.1) is 73.3 Å². The van der Waals surface area contributed by atoms with Gasteiger partial charge < -0.3 is 9.13 Å². The van der Waals surface area contributed by atoms with Gasteiger partial charge in [0.15, 0.2) is 5.69 Å². The second-order valence-electron chi connectivity index (χ2n) is 23.0. The number of hydrogen-bond donors (Lipinski definition) is 0. The first-order chi connectivity index (χ1) is 40.4. The van der Waals surface area contributed by atoms with E-state index in [1.54, 1.807) is 0 Å². The summed E-state index contributed by atoms with van der Waals surface area (Å²) in [5.41, 5.74) is 25.4. The molecule has 13 rings (SSSR count). The highest BCUT2D eigenvalue weighted by Crippen LogP contribution is 2.47. The molecule has 0 N–H and O–H groups in total. The third-order valence-electron chi connectivity index (χ3n) is 16.4. The minimum absolute atomic E-state index is 0.105. The third-order valence-corrected chi connectivity index (χ3v) is 16.4. The van der Waals surface area contributed by atoms with Crippen molar-refractivity contribution in [3.63, 3.8) is 0 Å². The fourth-order valence-electron chi connectivity index (χ4n) is 13.0. The van der Waals surface area contributed by atoms with Gasteiger partial charge in [-0.05, 0) is 184 Å². The molecule has 0 saturated heterocycles. The predicted octanol–water partition coefficient (Wildman–Crippen LogP) is 21.8. The van der Waals surface area contributed by atoms with Gasteiger partial charge in [-0.15, -0.1) is 0 Å². The van der Waals surface area contributed by atoms with E-state index in [4.69, 9.17) is 6.57 Å². The van der Waals surface area contributed by atoms with E-state index in [9.17, 15) is 18.4 Å². The summed E-state index contributed by atoms with van der Waals surface area (Å²) >= 11 is 0. The quantitative estimate of drug-likeness (QED) is 0.140. The average molecular weight is 1100 g/mol. The molecule has 0 amide bonds. The summed E-state index contributed by atoms with van der Waals surface area (Å²) in [4.78, 5) is 3.70. The standard InChI is InChI=1S/C77H57F3N4/c1-44-24-45(2)29-58(28-44)53-12-20-71-66(37-53)67-38-54(59-30-46(3)25-47(4)31-59)13-21-72(67)83(71)75-36-52(43-81)10-17-64(75)65-18-11-57(63-19-16-62(77(78,79)80)42-70(63)82-9)41-76(65)84-73-22-14-55(60-32-48(5)26-49(6)33-60)39-68(73)69-40-56(15-23-74(69)84)61-34-50(7)27-51(8)35-61/h10-42H,1-8H3. The number of aromatic nitrogens is 2. The van der Waals surface area contributed by atoms with Crippen molar-refractivity contribution >= 4 is 49.3 Å². The molecule has 7 heteroatoms. The van der Waals surface area contributed by atoms with Crippen molar-refractivity contribution in [2.45, 2.75) is 61.6 Å². The van der Waals surface area contributed by atoms with E-state index >= 15 is 0 Å². The van der Waals surface area contributed by atoms with Crippen LogP contribution in [0.1, 0.15) is 55.6 Å². The zero-order chi connectivity index (χ0) is 58.5. The molecule has 0 atom stereocenters. The number of hydrogen-bond acceptors (Lipinski definition) is 1. The van der Waals surface area contributed by atoms with Crippen LogP contribution < -0.4 is 0 Å². The molecule has 0 aliphatic rings. The molecular formula is C77H57F3N4. The zero-order valence-corrected chi connectivity index (χ0v) is 48.0. The Labute approximate surface area is 487 Å². The van der Waals surface area contributed by atoms with Crippen LogP contribution in [-0.4, -0.2) is 9.13 Å². The Kier molecular flexibility index (Phi) is 12.9. The highest BCUT2D eigenvalue weighted by atomic mass is 19.4. The molecule has 2 heterocycles. The lowest BCUT2D eigenvalue weighted by Crippen LogP contribution is -2.04. The SMILES string of the molecule is [C-]#[N+]c1cc(C(F)(F)F)ccc1-c1ccc(-c2ccc(C#N)cc2-n2c3ccc(-c4cc(C)cc(C)c4)cc3c3cc(-c4cc(C)cc(C)c4)ccc32)c(-n2c3ccc(-c4cc(C)cc(C)c4)cc3c3cc(-c4cc(C)cc(C)c4)ccc32)c1. The van der Waals surface area contributed by atoms with Crippen LogP contribution in [0.5, 0.6) is 0 Å². The van der Waals surface area contributed by atoms with Crippen molar-refractivity contribution in [3.8, 4) is 84.2 Å². The number of alkyl halides is 3. The highest BCUT2D eigenvalue weighted by Gasteiger charge is 2.31. The summed E-state index contributed by atoms with van der Waals surface area (Å²) < 4.78 is 47.5. The molecule has 406 valence electrons. The second-order valence-corrected chi connectivity index (χ2v) is 23.0. The van der Waals surface area contributed by atoms with Crippen LogP contribution >= 0.6 is 0 Å². The van der Waals surface area contributed by atoms with Crippen LogP contribution in [0.3, 0.4) is 0 Å². The third kappa shape index (κ3) is 9.48. The Bertz CT molecular complexity index is 4710. The number of benzene rings is 11. The summed E-state index contributed by atoms with van der Waals surface area (Å²) in [5.74, 6) is 0. The molecule has 0 radical (unpaired) electrons. The number of fused-ring (bicyclic) bond motifs is 6. The van der Waals surface area contributed by atoms with Crippen LogP contribution in [0.25, 0.3) is 127 Å². The van der Waals surface area contributed by atoms with E-state index in [0.29, 0.717) is 16.7 Å². The molecule has 0 aliphatic heterocycles. The van der Waals surface area contributed by atoms with Crippen LogP contribution in [0.4, 0.5) is 18.9 Å². The molecule has 0 unspecified atom stereocenters. The van der Waals surface area contributed by atoms with E-state index in [0.717, 1.165) is 123 Å². The first-order valence-corrected chi connectivity index (χ1v) is 28.2. The van der Waals surface area contributed by atoms with Crippen molar-refractivity contribution in [2.75, 3.05) is 0 Å². The summed E-state index contributed by atoms with van der Waals surface area (Å²) in [6, 6.07) is 70.7. The number of nitrogens with zero attached hydrogens (tertiary/aromatic N) is 4. The maximum Gasteiger partial charge on any atom is 0.415 e. The minimum Gasteiger partial charge on any atom is -0.309 e. The van der Waals surface area contributed by atoms with Gasteiger partial charge in [-0.1, -0.05) is 172 Å². The second kappa shape index (κ2) is 20.3. The highest BCUT2D eigenvalue weighted by molar-refractivity contribution is 6.14. The van der Waals surface area contributed by atoms with Crippen molar-refractivity contribution in [1.82, 2.24) is 9.13 Å². The Morgan fingerprint density at radius 3 is 1.00 bits per heavy atom. The van der Waals surface area contributed by atoms with Crippen molar-refractivity contribution in [1.29, 1.82) is 5.26 Å². The van der Waals surface area contributed by atoms with E-state index < -0.39 is 11.7 Å². The number of nitriles is 1. The normalized spacial score (nSPS) is 11.7. The summed E-state index contributed by atoms with van der Waals surface area (Å²) in [7, 11) is 0. The van der Waals surface area contributed by atoms with E-state index in [1.165, 1.54) is 50.6 Å². The largest absolute Gasteiger partial charge is 0.415 e. The lowest BCUT2D eigenvalue weighted by Gasteiger charge is -2.20. The monoisotopic (exact) mass is 1090 g/mol. The molecule has 84 heavy (non-hydrogen) atoms. The van der Waals surface area contributed by atoms with Gasteiger partial charge in [0, 0.05) is 38.2 Å². The molecule has 11 aromatic carbocycles. The van der Waals surface area contributed by atoms with Gasteiger partial charge in [0.1, 0.15) is 0 Å². The molecule has 2 aromatic heterocycles. The topological polar surface area (TPSA) is 38.0 Å². The molecule has 0 aliphatic carbocycles. The number of rotatable bonds is 8. The first-order valence-electron chi connectivity index (χ1n) is 28.2. The summed E-state index contributed by atoms with van der Waals surface area (Å²) in [5, 5.41) is 14.9. The number of aryl methyl sites for hydroxylation is 8. The van der Waals surface area contributed by atoms with Crippen molar-refractivity contribution in [2.24, 2.45) is 0 Å². The molecule has 4 nitrogen and oxygen atoms in total. The smallest absolute Gasteiger partial charge is 0.309 e. The Hall–Kier alpha value is -10.2. The number of halogens is 3. The van der Waals surface area contributed by atoms with Crippen LogP contribution in [-0.2, 0) is 6.18 Å². The van der Waals surface area contributed by atoms with Crippen LogP contribution in [0.2, 0.25) is 0 Å². The molecule has 0 bridgehead atoms. The van der Waals surface area contributed by atoms with E-state index in [-0.39, 0.29) is 5.69 Å². The van der Waals surface area contributed by atoms with Gasteiger partial charge in [0.2, 0.25) is 0 Å². The van der Waals surface area contributed by atoms with E-state index in [2.05, 4.69) is 221 Å². The van der Waals surface area contributed by atoms with Gasteiger partial charge in [0.05, 0.1) is 51.6 Å². The Morgan fingerprint density at radius 2 is 0.667 bits per heavy atom. The lowest BCUT2D eigenvalue weighted by atomic mass is 9.94. The Morgan fingerprint density at radius 1 is 0.345 bits per heavy atom. The molecule has 0 spiro atoms. The Balaban J connectivity index is 1.13. The summed E-state index contributed by atoms with van der Waals surface area (Å²) in [6.07, 6.45) is -4.64. The first kappa shape index (κ1) is 53.1. The lowest BCUT2D eigenvalue weighted by molar-refractivity contribution is -0.137. The maximum absolute atomic E-state index is 14.3. The molecule has 13 aromatic rings. The van der Waals surface area contributed by atoms with Crippen molar-refractivity contribution in [3.05, 3.63) is 267 Å². The van der Waals surface area contributed by atoms with Gasteiger partial charge in [0.25, 0.3) is 0 Å². The maximum atomic E-state index is 14.3. The zero-order valence-electron chi connectivity index (χ0n) is 48.0. The van der Waals surface area contributed by atoms with Crippen molar-refractivity contribution < 1.29 is 13.2 Å². The van der Waals surface area contributed by atoms with Gasteiger partial charge in [-0.2, -0.15) is 18.4 Å². The van der Waals surface area contributed by atoms with Gasteiger partial charge >= 0.3 is 6.18 Å².